The first-order valence-corrected chi connectivity index (χ1v) is 5.24. The van der Waals surface area contributed by atoms with E-state index in [-0.39, 0.29) is 6.42 Å². The number of benzene rings is 1. The van der Waals surface area contributed by atoms with Crippen molar-refractivity contribution in [3.63, 3.8) is 0 Å². The maximum atomic E-state index is 14.2. The van der Waals surface area contributed by atoms with Crippen LogP contribution >= 0.6 is 0 Å². The van der Waals surface area contributed by atoms with Gasteiger partial charge in [0.05, 0.1) is 0 Å². The van der Waals surface area contributed by atoms with Crippen LogP contribution in [-0.2, 0) is 4.79 Å². The molecule has 1 aliphatic carbocycles. The second kappa shape index (κ2) is 4.05. The highest BCUT2D eigenvalue weighted by Gasteiger charge is 2.34. The van der Waals surface area contributed by atoms with E-state index in [1.165, 1.54) is 0 Å². The summed E-state index contributed by atoms with van der Waals surface area (Å²) in [6.07, 6.45) is 4.09. The molecular formula is C14H13FO. The van der Waals surface area contributed by atoms with Gasteiger partial charge in [-0.25, -0.2) is 4.39 Å². The van der Waals surface area contributed by atoms with E-state index in [9.17, 15) is 9.18 Å². The lowest BCUT2D eigenvalue weighted by atomic mass is 9.83. The van der Waals surface area contributed by atoms with Gasteiger partial charge in [0.1, 0.15) is 0 Å². The molecule has 0 heterocycles. The fourth-order valence-electron chi connectivity index (χ4n) is 1.82. The quantitative estimate of drug-likeness (QED) is 0.693. The maximum Gasteiger partial charge on any atom is 0.190 e. The zero-order valence-corrected chi connectivity index (χ0v) is 9.11. The molecule has 0 saturated carbocycles. The molecule has 2 heteroatoms. The topological polar surface area (TPSA) is 17.1 Å². The first kappa shape index (κ1) is 10.8. The lowest BCUT2D eigenvalue weighted by Crippen LogP contribution is -2.28. The summed E-state index contributed by atoms with van der Waals surface area (Å²) in [5, 5.41) is 0. The second-order valence-corrected chi connectivity index (χ2v) is 4.06. The molecule has 0 radical (unpaired) electrons. The van der Waals surface area contributed by atoms with Crippen molar-refractivity contribution in [2.24, 2.45) is 0 Å². The first-order chi connectivity index (χ1) is 7.65. The molecule has 0 amide bonds. The molecule has 1 aromatic carbocycles. The fraction of sp³-hybridized carbons (Fsp3) is 0.214. The molecule has 16 heavy (non-hydrogen) atoms. The van der Waals surface area contributed by atoms with Crippen LogP contribution in [0.3, 0.4) is 0 Å². The van der Waals surface area contributed by atoms with Crippen molar-refractivity contribution in [3.05, 3.63) is 53.6 Å². The summed E-state index contributed by atoms with van der Waals surface area (Å²) < 4.78 is 14.2. The van der Waals surface area contributed by atoms with Crippen LogP contribution < -0.4 is 0 Å². The van der Waals surface area contributed by atoms with Gasteiger partial charge in [-0.3, -0.25) is 4.79 Å². The molecule has 0 spiro atoms. The van der Waals surface area contributed by atoms with Gasteiger partial charge in [0.2, 0.25) is 0 Å². The minimum absolute atomic E-state index is 0.128. The Labute approximate surface area is 94.3 Å². The van der Waals surface area contributed by atoms with E-state index < -0.39 is 5.67 Å². The molecule has 82 valence electrons. The molecule has 2 rings (SSSR count). The summed E-state index contributed by atoms with van der Waals surface area (Å²) in [6.45, 7) is 1.65. The highest BCUT2D eigenvalue weighted by Crippen LogP contribution is 2.35. The molecule has 0 saturated heterocycles. The van der Waals surface area contributed by atoms with Gasteiger partial charge in [0, 0.05) is 6.42 Å². The lowest BCUT2D eigenvalue weighted by molar-refractivity contribution is -0.115. The lowest BCUT2D eigenvalue weighted by Gasteiger charge is -2.25. The van der Waals surface area contributed by atoms with Crippen molar-refractivity contribution in [1.82, 2.24) is 0 Å². The molecule has 0 bridgehead atoms. The Balaban J connectivity index is 2.37. The standard InChI is InChI=1S/C14H13FO/c1-11-7-8-13(9-14(11,15)10-16)12-5-3-2-4-6-12/h2-8,10H,9H2,1H3. The predicted octanol–water partition coefficient (Wildman–Crippen LogP) is 3.33. The van der Waals surface area contributed by atoms with Crippen molar-refractivity contribution >= 4 is 11.9 Å². The second-order valence-electron chi connectivity index (χ2n) is 4.06. The van der Waals surface area contributed by atoms with Crippen LogP contribution in [-0.4, -0.2) is 12.0 Å². The average Bonchev–Trinajstić information content (AvgIpc) is 2.34. The van der Waals surface area contributed by atoms with Crippen LogP contribution in [0.2, 0.25) is 0 Å². The molecule has 1 aromatic rings. The number of hydrogen-bond acceptors (Lipinski definition) is 1. The molecule has 0 N–H and O–H groups in total. The van der Waals surface area contributed by atoms with E-state index in [0.717, 1.165) is 11.1 Å². The third-order valence-electron chi connectivity index (χ3n) is 2.97. The van der Waals surface area contributed by atoms with Gasteiger partial charge >= 0.3 is 0 Å². The summed E-state index contributed by atoms with van der Waals surface area (Å²) in [7, 11) is 0. The van der Waals surface area contributed by atoms with Gasteiger partial charge < -0.3 is 0 Å². The van der Waals surface area contributed by atoms with E-state index in [1.807, 2.05) is 36.4 Å². The van der Waals surface area contributed by atoms with Gasteiger partial charge in [0.15, 0.2) is 12.0 Å². The van der Waals surface area contributed by atoms with Crippen molar-refractivity contribution < 1.29 is 9.18 Å². The Morgan fingerprint density at radius 3 is 2.56 bits per heavy atom. The molecule has 1 nitrogen and oxygen atoms in total. The zero-order valence-electron chi connectivity index (χ0n) is 9.11. The van der Waals surface area contributed by atoms with Gasteiger partial charge in [-0.2, -0.15) is 0 Å². The number of aldehydes is 1. The van der Waals surface area contributed by atoms with Crippen LogP contribution in [0.15, 0.2) is 48.1 Å². The summed E-state index contributed by atoms with van der Waals surface area (Å²) in [4.78, 5) is 10.8. The molecule has 1 atom stereocenters. The monoisotopic (exact) mass is 216 g/mol. The third kappa shape index (κ3) is 1.83. The van der Waals surface area contributed by atoms with Gasteiger partial charge in [-0.1, -0.05) is 42.5 Å². The van der Waals surface area contributed by atoms with Crippen LogP contribution in [0.5, 0.6) is 0 Å². The largest absolute Gasteiger partial charge is 0.299 e. The SMILES string of the molecule is CC1=CC=C(c2ccccc2)CC1(F)C=O. The van der Waals surface area contributed by atoms with E-state index in [4.69, 9.17) is 0 Å². The van der Waals surface area contributed by atoms with E-state index in [0.29, 0.717) is 11.9 Å². The third-order valence-corrected chi connectivity index (χ3v) is 2.97. The van der Waals surface area contributed by atoms with E-state index >= 15 is 0 Å². The first-order valence-electron chi connectivity index (χ1n) is 5.24. The van der Waals surface area contributed by atoms with Gasteiger partial charge in [-0.15, -0.1) is 0 Å². The predicted molar refractivity (Wildman–Crippen MR) is 62.7 cm³/mol. The van der Waals surface area contributed by atoms with Gasteiger partial charge in [0.25, 0.3) is 0 Å². The van der Waals surface area contributed by atoms with Crippen molar-refractivity contribution in [2.75, 3.05) is 0 Å². The Hall–Kier alpha value is -1.70. The Bertz CT molecular complexity index is 459. The van der Waals surface area contributed by atoms with Crippen LogP contribution in [0.25, 0.3) is 5.57 Å². The number of carbonyl (C=O) groups is 1. The molecule has 0 fully saturated rings. The fourth-order valence-corrected chi connectivity index (χ4v) is 1.82. The molecule has 0 aliphatic heterocycles. The summed E-state index contributed by atoms with van der Waals surface area (Å²) in [6, 6.07) is 9.57. The van der Waals surface area contributed by atoms with Crippen molar-refractivity contribution in [3.8, 4) is 0 Å². The highest BCUT2D eigenvalue weighted by molar-refractivity contribution is 5.79. The van der Waals surface area contributed by atoms with Crippen molar-refractivity contribution in [1.29, 1.82) is 0 Å². The zero-order chi connectivity index (χ0) is 11.6. The van der Waals surface area contributed by atoms with Crippen LogP contribution in [0, 0.1) is 0 Å². The number of rotatable bonds is 2. The highest BCUT2D eigenvalue weighted by atomic mass is 19.1. The summed E-state index contributed by atoms with van der Waals surface area (Å²) >= 11 is 0. The molecule has 1 unspecified atom stereocenters. The Morgan fingerprint density at radius 1 is 1.25 bits per heavy atom. The normalized spacial score (nSPS) is 24.6. The average molecular weight is 216 g/mol. The van der Waals surface area contributed by atoms with E-state index in [2.05, 4.69) is 0 Å². The summed E-state index contributed by atoms with van der Waals surface area (Å²) in [5.74, 6) is 0. The number of allylic oxidation sites excluding steroid dienone is 4. The molecule has 1 aliphatic rings. The summed E-state index contributed by atoms with van der Waals surface area (Å²) in [5.41, 5.74) is 0.470. The maximum absolute atomic E-state index is 14.2. The van der Waals surface area contributed by atoms with Crippen LogP contribution in [0.1, 0.15) is 18.9 Å². The minimum atomic E-state index is -1.83. The Morgan fingerprint density at radius 2 is 1.94 bits per heavy atom. The number of halogens is 1. The number of hydrogen-bond donors (Lipinski definition) is 0. The Kier molecular flexibility index (Phi) is 2.73. The van der Waals surface area contributed by atoms with Crippen LogP contribution in [0.4, 0.5) is 4.39 Å². The van der Waals surface area contributed by atoms with E-state index in [1.54, 1.807) is 13.0 Å². The molecular weight excluding hydrogens is 203 g/mol. The van der Waals surface area contributed by atoms with Gasteiger partial charge in [-0.05, 0) is 23.6 Å². The minimum Gasteiger partial charge on any atom is -0.299 e. The smallest absolute Gasteiger partial charge is 0.190 e. The number of alkyl halides is 1. The molecule has 0 aromatic heterocycles. The number of carbonyl (C=O) groups excluding carboxylic acids is 1. The van der Waals surface area contributed by atoms with Crippen molar-refractivity contribution in [2.45, 2.75) is 19.0 Å².